The van der Waals surface area contributed by atoms with Crippen molar-refractivity contribution in [2.75, 3.05) is 25.9 Å². The molecule has 0 saturated carbocycles. The molecule has 0 unspecified atom stereocenters. The SMILES string of the molecule is CC(C)CNC(=O)CN(C)C(=O)c1cc(N)ccc1Br. The van der Waals surface area contributed by atoms with Gasteiger partial charge in [0.05, 0.1) is 12.1 Å². The molecule has 0 bridgehead atoms. The Morgan fingerprint density at radius 1 is 1.40 bits per heavy atom. The van der Waals surface area contributed by atoms with Gasteiger partial charge >= 0.3 is 0 Å². The van der Waals surface area contributed by atoms with E-state index >= 15 is 0 Å². The number of nitrogens with two attached hydrogens (primary N) is 1. The monoisotopic (exact) mass is 341 g/mol. The van der Waals surface area contributed by atoms with E-state index in [1.54, 1.807) is 25.2 Å². The smallest absolute Gasteiger partial charge is 0.255 e. The van der Waals surface area contributed by atoms with Gasteiger partial charge in [0.15, 0.2) is 0 Å². The molecule has 0 aromatic heterocycles. The number of carbonyl (C=O) groups excluding carboxylic acids is 2. The fraction of sp³-hybridized carbons (Fsp3) is 0.429. The van der Waals surface area contributed by atoms with Gasteiger partial charge in [0, 0.05) is 23.8 Å². The minimum Gasteiger partial charge on any atom is -0.399 e. The summed E-state index contributed by atoms with van der Waals surface area (Å²) >= 11 is 3.31. The standard InChI is InChI=1S/C14H20BrN3O2/c1-9(2)7-17-13(19)8-18(3)14(20)11-6-10(16)4-5-12(11)15/h4-6,9H,7-8,16H2,1-3H3,(H,17,19). The molecule has 0 aliphatic heterocycles. The highest BCUT2D eigenvalue weighted by molar-refractivity contribution is 9.10. The number of hydrogen-bond acceptors (Lipinski definition) is 3. The van der Waals surface area contributed by atoms with Crippen molar-refractivity contribution in [3.8, 4) is 0 Å². The Kier molecular flexibility index (Phi) is 6.01. The van der Waals surface area contributed by atoms with Crippen molar-refractivity contribution >= 4 is 33.4 Å². The molecule has 6 heteroatoms. The van der Waals surface area contributed by atoms with Gasteiger partial charge < -0.3 is 16.0 Å². The number of halogens is 1. The third-order valence-electron chi connectivity index (χ3n) is 2.66. The topological polar surface area (TPSA) is 75.4 Å². The average molecular weight is 342 g/mol. The number of amides is 2. The summed E-state index contributed by atoms with van der Waals surface area (Å²) in [5.41, 5.74) is 6.63. The van der Waals surface area contributed by atoms with Gasteiger partial charge in [0.25, 0.3) is 5.91 Å². The van der Waals surface area contributed by atoms with E-state index < -0.39 is 0 Å². The zero-order valence-corrected chi connectivity index (χ0v) is 13.5. The Labute approximate surface area is 127 Å². The number of nitrogens with one attached hydrogen (secondary N) is 1. The lowest BCUT2D eigenvalue weighted by molar-refractivity contribution is -0.121. The van der Waals surface area contributed by atoms with Crippen LogP contribution in [0.1, 0.15) is 24.2 Å². The number of anilines is 1. The third-order valence-corrected chi connectivity index (χ3v) is 3.35. The lowest BCUT2D eigenvalue weighted by Gasteiger charge is -2.18. The van der Waals surface area contributed by atoms with Gasteiger partial charge in [0.1, 0.15) is 0 Å². The van der Waals surface area contributed by atoms with Crippen molar-refractivity contribution in [3.63, 3.8) is 0 Å². The van der Waals surface area contributed by atoms with Crippen LogP contribution in [0.15, 0.2) is 22.7 Å². The summed E-state index contributed by atoms with van der Waals surface area (Å²) in [5.74, 6) is -0.0403. The molecule has 1 aromatic carbocycles. The molecule has 0 heterocycles. The largest absolute Gasteiger partial charge is 0.399 e. The molecule has 0 aliphatic carbocycles. The predicted octanol–water partition coefficient (Wildman–Crippen LogP) is 1.88. The van der Waals surface area contributed by atoms with Crippen molar-refractivity contribution < 1.29 is 9.59 Å². The van der Waals surface area contributed by atoms with Crippen LogP contribution in [0.4, 0.5) is 5.69 Å². The molecule has 110 valence electrons. The summed E-state index contributed by atoms with van der Waals surface area (Å²) in [5, 5.41) is 2.78. The third kappa shape index (κ3) is 4.85. The average Bonchev–Trinajstić information content (AvgIpc) is 2.38. The van der Waals surface area contributed by atoms with Gasteiger partial charge in [-0.15, -0.1) is 0 Å². The molecule has 0 atom stereocenters. The molecule has 1 rings (SSSR count). The van der Waals surface area contributed by atoms with Crippen LogP contribution in [0.5, 0.6) is 0 Å². The van der Waals surface area contributed by atoms with Crippen LogP contribution in [0, 0.1) is 5.92 Å². The molecule has 2 amide bonds. The van der Waals surface area contributed by atoms with Crippen LogP contribution in [0.25, 0.3) is 0 Å². The molecule has 0 aliphatic rings. The van der Waals surface area contributed by atoms with Crippen LogP contribution >= 0.6 is 15.9 Å². The molecule has 3 N–H and O–H groups in total. The number of carbonyl (C=O) groups is 2. The molecule has 0 fully saturated rings. The molecule has 1 aromatic rings. The molecular formula is C14H20BrN3O2. The van der Waals surface area contributed by atoms with Gasteiger partial charge in [-0.1, -0.05) is 13.8 Å². The Hall–Kier alpha value is -1.56. The van der Waals surface area contributed by atoms with E-state index in [0.29, 0.717) is 28.2 Å². The minimum atomic E-state index is -0.246. The number of benzene rings is 1. The van der Waals surface area contributed by atoms with Crippen molar-refractivity contribution in [1.29, 1.82) is 0 Å². The summed E-state index contributed by atoms with van der Waals surface area (Å²) in [6.45, 7) is 4.65. The van der Waals surface area contributed by atoms with E-state index in [4.69, 9.17) is 5.73 Å². The van der Waals surface area contributed by atoms with Crippen LogP contribution in [-0.2, 0) is 4.79 Å². The van der Waals surface area contributed by atoms with E-state index in [1.165, 1.54) is 4.90 Å². The first-order chi connectivity index (χ1) is 9.31. The van der Waals surface area contributed by atoms with Gasteiger partial charge in [-0.2, -0.15) is 0 Å². The maximum Gasteiger partial charge on any atom is 0.255 e. The second-order valence-corrected chi connectivity index (χ2v) is 5.95. The molecule has 0 saturated heterocycles. The Morgan fingerprint density at radius 3 is 2.65 bits per heavy atom. The lowest BCUT2D eigenvalue weighted by Crippen LogP contribution is -2.39. The minimum absolute atomic E-state index is 0.0206. The van der Waals surface area contributed by atoms with E-state index in [2.05, 4.69) is 21.2 Å². The number of nitrogen functional groups attached to an aromatic ring is 1. The second-order valence-electron chi connectivity index (χ2n) is 5.10. The quantitative estimate of drug-likeness (QED) is 0.803. The van der Waals surface area contributed by atoms with Gasteiger partial charge in [0.2, 0.25) is 5.91 Å². The van der Waals surface area contributed by atoms with Crippen LogP contribution in [0.2, 0.25) is 0 Å². The molecular weight excluding hydrogens is 322 g/mol. The number of likely N-dealkylation sites (N-methyl/N-ethyl adjacent to an activating group) is 1. The Bertz CT molecular complexity index is 503. The van der Waals surface area contributed by atoms with Crippen LogP contribution < -0.4 is 11.1 Å². The molecule has 0 radical (unpaired) electrons. The lowest BCUT2D eigenvalue weighted by atomic mass is 10.2. The molecule has 20 heavy (non-hydrogen) atoms. The van der Waals surface area contributed by atoms with E-state index in [-0.39, 0.29) is 18.4 Å². The maximum absolute atomic E-state index is 12.3. The van der Waals surface area contributed by atoms with Crippen molar-refractivity contribution in [1.82, 2.24) is 10.2 Å². The summed E-state index contributed by atoms with van der Waals surface area (Å²) in [7, 11) is 1.59. The predicted molar refractivity (Wildman–Crippen MR) is 83.4 cm³/mol. The van der Waals surface area contributed by atoms with Crippen molar-refractivity contribution in [2.24, 2.45) is 5.92 Å². The summed E-state index contributed by atoms with van der Waals surface area (Å²) in [6.07, 6.45) is 0. The highest BCUT2D eigenvalue weighted by Crippen LogP contribution is 2.20. The van der Waals surface area contributed by atoms with E-state index in [1.807, 2.05) is 13.8 Å². The fourth-order valence-electron chi connectivity index (χ4n) is 1.57. The van der Waals surface area contributed by atoms with Gasteiger partial charge in [-0.25, -0.2) is 0 Å². The van der Waals surface area contributed by atoms with Crippen LogP contribution in [0.3, 0.4) is 0 Å². The highest BCUT2D eigenvalue weighted by Gasteiger charge is 2.17. The second kappa shape index (κ2) is 7.28. The van der Waals surface area contributed by atoms with Crippen molar-refractivity contribution in [2.45, 2.75) is 13.8 Å². The first kappa shape index (κ1) is 16.5. The maximum atomic E-state index is 12.3. The summed E-state index contributed by atoms with van der Waals surface area (Å²) in [6, 6.07) is 5.01. The van der Waals surface area contributed by atoms with Gasteiger partial charge in [-0.05, 0) is 40.0 Å². The fourth-order valence-corrected chi connectivity index (χ4v) is 1.99. The Balaban J connectivity index is 2.67. The first-order valence-corrected chi connectivity index (χ1v) is 7.17. The number of hydrogen-bond donors (Lipinski definition) is 2. The Morgan fingerprint density at radius 2 is 2.05 bits per heavy atom. The number of nitrogens with zero attached hydrogens (tertiary/aromatic N) is 1. The number of rotatable bonds is 5. The summed E-state index contributed by atoms with van der Waals surface area (Å²) < 4.78 is 0.658. The normalized spacial score (nSPS) is 10.4. The zero-order valence-electron chi connectivity index (χ0n) is 11.9. The van der Waals surface area contributed by atoms with Gasteiger partial charge in [-0.3, -0.25) is 9.59 Å². The summed E-state index contributed by atoms with van der Waals surface area (Å²) in [4.78, 5) is 25.3. The van der Waals surface area contributed by atoms with Crippen LogP contribution in [-0.4, -0.2) is 36.9 Å². The zero-order chi connectivity index (χ0) is 15.3. The molecule has 5 nitrogen and oxygen atoms in total. The molecule has 0 spiro atoms. The first-order valence-electron chi connectivity index (χ1n) is 6.38. The highest BCUT2D eigenvalue weighted by atomic mass is 79.9. The van der Waals surface area contributed by atoms with Crippen molar-refractivity contribution in [3.05, 3.63) is 28.2 Å². The van der Waals surface area contributed by atoms with E-state index in [9.17, 15) is 9.59 Å². The van der Waals surface area contributed by atoms with E-state index in [0.717, 1.165) is 0 Å².